The summed E-state index contributed by atoms with van der Waals surface area (Å²) in [6.07, 6.45) is 3.31. The molecule has 0 aliphatic rings. The molecule has 0 fully saturated rings. The van der Waals surface area contributed by atoms with Crippen LogP contribution in [0.15, 0.2) is 21.9 Å². The summed E-state index contributed by atoms with van der Waals surface area (Å²) in [4.78, 5) is 21.4. The topological polar surface area (TPSA) is 89.3 Å². The smallest absolute Gasteiger partial charge is 0.407 e. The van der Waals surface area contributed by atoms with Crippen molar-refractivity contribution < 1.29 is 18.3 Å². The van der Waals surface area contributed by atoms with Crippen molar-refractivity contribution >= 4 is 45.9 Å². The third-order valence-electron chi connectivity index (χ3n) is 4.40. The van der Waals surface area contributed by atoms with E-state index in [4.69, 9.17) is 27.2 Å². The van der Waals surface area contributed by atoms with Crippen molar-refractivity contribution in [3.05, 3.63) is 39.0 Å². The van der Waals surface area contributed by atoms with E-state index in [9.17, 15) is 9.18 Å². The molecular weight excluding hydrogens is 455 g/mol. The number of ether oxygens (including phenoxy) is 1. The van der Waals surface area contributed by atoms with Gasteiger partial charge in [0.1, 0.15) is 23.0 Å². The van der Waals surface area contributed by atoms with E-state index >= 15 is 0 Å². The number of nitrogens with zero attached hydrogens (tertiary/aromatic N) is 2. The van der Waals surface area contributed by atoms with Gasteiger partial charge >= 0.3 is 6.09 Å². The number of hydrogen-bond donors (Lipinski definition) is 2. The summed E-state index contributed by atoms with van der Waals surface area (Å²) in [6, 6.07) is 3.08. The third kappa shape index (κ3) is 5.90. The summed E-state index contributed by atoms with van der Waals surface area (Å²) in [6.45, 7) is 7.23. The lowest BCUT2D eigenvalue weighted by molar-refractivity contribution is 0.0479. The number of alkyl halides is 1. The van der Waals surface area contributed by atoms with Crippen molar-refractivity contribution in [3.63, 3.8) is 0 Å². The van der Waals surface area contributed by atoms with Gasteiger partial charge in [-0.05, 0) is 50.7 Å². The number of furan rings is 1. The molecular formula is C22H24ClFN4O3S. The predicted octanol–water partition coefficient (Wildman–Crippen LogP) is 5.32. The van der Waals surface area contributed by atoms with Gasteiger partial charge in [-0.2, -0.15) is 4.98 Å². The lowest BCUT2D eigenvalue weighted by Gasteiger charge is -2.23. The van der Waals surface area contributed by atoms with Crippen LogP contribution in [-0.4, -0.2) is 33.9 Å². The molecule has 0 aliphatic carbocycles. The van der Waals surface area contributed by atoms with Crippen LogP contribution >= 0.6 is 22.9 Å². The second kappa shape index (κ2) is 9.76. The molecule has 2 atom stereocenters. The van der Waals surface area contributed by atoms with E-state index in [-0.39, 0.29) is 17.5 Å². The van der Waals surface area contributed by atoms with Gasteiger partial charge in [-0.3, -0.25) is 0 Å². The van der Waals surface area contributed by atoms with Gasteiger partial charge in [0.15, 0.2) is 11.4 Å². The van der Waals surface area contributed by atoms with E-state index < -0.39 is 23.9 Å². The van der Waals surface area contributed by atoms with Gasteiger partial charge in [-0.15, -0.1) is 17.8 Å². The van der Waals surface area contributed by atoms with Crippen LogP contribution in [0.4, 0.5) is 15.0 Å². The minimum atomic E-state index is -1.49. The second-order valence-electron chi connectivity index (χ2n) is 8.15. The van der Waals surface area contributed by atoms with Crippen LogP contribution in [0.25, 0.3) is 11.1 Å². The van der Waals surface area contributed by atoms with E-state index in [0.29, 0.717) is 29.0 Å². The minimum Gasteiger partial charge on any atom is -0.454 e. The van der Waals surface area contributed by atoms with Gasteiger partial charge in [-0.1, -0.05) is 12.0 Å². The fourth-order valence-electron chi connectivity index (χ4n) is 2.93. The summed E-state index contributed by atoms with van der Waals surface area (Å²) < 4.78 is 26.0. The Bertz CT molecular complexity index is 1130. The normalized spacial score (nSPS) is 13.4. The summed E-state index contributed by atoms with van der Waals surface area (Å²) in [7, 11) is 0. The molecule has 3 rings (SSSR count). The number of aromatic nitrogens is 2. The zero-order valence-electron chi connectivity index (χ0n) is 18.2. The highest BCUT2D eigenvalue weighted by atomic mass is 35.5. The molecule has 0 aliphatic heterocycles. The predicted molar refractivity (Wildman–Crippen MR) is 124 cm³/mol. The molecule has 3 heterocycles. The average Bonchev–Trinajstić information content (AvgIpc) is 3.31. The molecule has 7 nitrogen and oxygen atoms in total. The maximum absolute atomic E-state index is 15.0. The highest BCUT2D eigenvalue weighted by Crippen LogP contribution is 2.31. The second-order valence-corrected chi connectivity index (χ2v) is 9.52. The molecule has 0 spiro atoms. The van der Waals surface area contributed by atoms with E-state index in [1.165, 1.54) is 6.92 Å². The zero-order valence-corrected chi connectivity index (χ0v) is 19.7. The molecule has 0 saturated heterocycles. The number of rotatable bonds is 7. The van der Waals surface area contributed by atoms with Crippen molar-refractivity contribution in [2.24, 2.45) is 0 Å². The standard InChI is InChI=1S/C22H24ClFN4O3S/c1-6-14-16(10-15(24)12(2)26-21(29)31-22(3,4)5)30-18-17(14)27-20(23)28-19(18)25-11-13-8-7-9-32-13/h1,7-9,12,15H,10-11H2,2-5H3,(H,26,29)(H,25,27,28)/t12-,15+/m1/s1. The number of anilines is 1. The van der Waals surface area contributed by atoms with Gasteiger partial charge < -0.3 is 19.8 Å². The number of thiophene rings is 1. The van der Waals surface area contributed by atoms with Gasteiger partial charge in [0.05, 0.1) is 18.2 Å². The molecule has 2 N–H and O–H groups in total. The average molecular weight is 479 g/mol. The lowest BCUT2D eigenvalue weighted by Crippen LogP contribution is -2.42. The molecule has 1 amide bonds. The number of amides is 1. The molecule has 0 radical (unpaired) electrons. The van der Waals surface area contributed by atoms with Crippen LogP contribution in [0, 0.1) is 12.3 Å². The van der Waals surface area contributed by atoms with Crippen molar-refractivity contribution in [2.75, 3.05) is 5.32 Å². The van der Waals surface area contributed by atoms with E-state index in [0.717, 1.165) is 4.88 Å². The highest BCUT2D eigenvalue weighted by Gasteiger charge is 2.27. The fourth-order valence-corrected chi connectivity index (χ4v) is 3.74. The number of carbonyl (C=O) groups excluding carboxylic acids is 1. The summed E-state index contributed by atoms with van der Waals surface area (Å²) in [5, 5.41) is 7.62. The van der Waals surface area contributed by atoms with Crippen molar-refractivity contribution in [2.45, 2.75) is 58.5 Å². The number of fused-ring (bicyclic) bond motifs is 1. The quantitative estimate of drug-likeness (QED) is 0.352. The van der Waals surface area contributed by atoms with Crippen molar-refractivity contribution in [3.8, 4) is 12.3 Å². The van der Waals surface area contributed by atoms with Gasteiger partial charge in [0.25, 0.3) is 0 Å². The number of carbonyl (C=O) groups is 1. The number of hydrogen-bond acceptors (Lipinski definition) is 7. The van der Waals surface area contributed by atoms with Crippen LogP contribution in [0.5, 0.6) is 0 Å². The Balaban J connectivity index is 1.81. The Hall–Kier alpha value is -2.83. The number of terminal acetylenes is 1. The molecule has 0 saturated carbocycles. The maximum atomic E-state index is 15.0. The minimum absolute atomic E-state index is 0.00760. The molecule has 0 bridgehead atoms. The monoisotopic (exact) mass is 478 g/mol. The number of nitrogens with one attached hydrogen (secondary N) is 2. The molecule has 0 unspecified atom stereocenters. The Morgan fingerprint density at radius 1 is 1.44 bits per heavy atom. The first-order chi connectivity index (χ1) is 15.1. The SMILES string of the molecule is C#Cc1c(C[C@H](F)[C@@H](C)NC(=O)OC(C)(C)C)oc2c(NCc3cccs3)nc(Cl)nc12. The molecule has 3 aromatic heterocycles. The van der Waals surface area contributed by atoms with Crippen molar-refractivity contribution in [1.29, 1.82) is 0 Å². The van der Waals surface area contributed by atoms with Gasteiger partial charge in [-0.25, -0.2) is 14.2 Å². The fraction of sp³-hybridized carbons (Fsp3) is 0.409. The molecule has 3 aromatic rings. The first kappa shape index (κ1) is 23.8. The Labute approximate surface area is 194 Å². The summed E-state index contributed by atoms with van der Waals surface area (Å²) in [5.41, 5.74) is 0.246. The first-order valence-corrected chi connectivity index (χ1v) is 11.2. The zero-order chi connectivity index (χ0) is 23.5. The Morgan fingerprint density at radius 3 is 2.81 bits per heavy atom. The number of halogens is 2. The van der Waals surface area contributed by atoms with Crippen LogP contribution in [0.2, 0.25) is 5.28 Å². The van der Waals surface area contributed by atoms with E-state index in [1.54, 1.807) is 32.1 Å². The van der Waals surface area contributed by atoms with Crippen molar-refractivity contribution in [1.82, 2.24) is 15.3 Å². The van der Waals surface area contributed by atoms with E-state index in [2.05, 4.69) is 26.5 Å². The summed E-state index contributed by atoms with van der Waals surface area (Å²) >= 11 is 7.67. The van der Waals surface area contributed by atoms with Crippen LogP contribution < -0.4 is 10.6 Å². The highest BCUT2D eigenvalue weighted by molar-refractivity contribution is 7.09. The van der Waals surface area contributed by atoms with Crippen LogP contribution in [0.1, 0.15) is 43.9 Å². The number of alkyl carbamates (subject to hydrolysis) is 1. The maximum Gasteiger partial charge on any atom is 0.407 e. The molecule has 32 heavy (non-hydrogen) atoms. The van der Waals surface area contributed by atoms with Crippen LogP contribution in [-0.2, 0) is 17.7 Å². The molecule has 170 valence electrons. The van der Waals surface area contributed by atoms with E-state index in [1.807, 2.05) is 17.5 Å². The molecule has 10 heteroatoms. The van der Waals surface area contributed by atoms with Gasteiger partial charge in [0, 0.05) is 11.3 Å². The van der Waals surface area contributed by atoms with Gasteiger partial charge in [0.2, 0.25) is 5.28 Å². The largest absolute Gasteiger partial charge is 0.454 e. The lowest BCUT2D eigenvalue weighted by atomic mass is 10.1. The third-order valence-corrected chi connectivity index (χ3v) is 5.45. The Morgan fingerprint density at radius 2 is 2.19 bits per heavy atom. The van der Waals surface area contributed by atoms with Crippen LogP contribution in [0.3, 0.4) is 0 Å². The summed E-state index contributed by atoms with van der Waals surface area (Å²) in [5.74, 6) is 3.10. The molecule has 0 aromatic carbocycles. The Kier molecular flexibility index (Phi) is 7.26. The first-order valence-electron chi connectivity index (χ1n) is 9.92.